The fourth-order valence-corrected chi connectivity index (χ4v) is 5.34. The van der Waals surface area contributed by atoms with E-state index in [2.05, 4.69) is 0 Å². The normalized spacial score (nSPS) is 49.3. The summed E-state index contributed by atoms with van der Waals surface area (Å²) in [5.74, 6) is 0.813. The molecule has 0 radical (unpaired) electrons. The van der Waals surface area contributed by atoms with E-state index in [1.165, 1.54) is 0 Å². The van der Waals surface area contributed by atoms with Gasteiger partial charge in [0.2, 0.25) is 0 Å². The Morgan fingerprint density at radius 3 is 1.62 bits per heavy atom. The van der Waals surface area contributed by atoms with E-state index in [0.717, 1.165) is 52.1 Å². The lowest BCUT2D eigenvalue weighted by atomic mass is 9.56. The van der Waals surface area contributed by atoms with Crippen molar-refractivity contribution in [3.8, 4) is 0 Å². The van der Waals surface area contributed by atoms with E-state index in [0.29, 0.717) is 24.0 Å². The Morgan fingerprint density at radius 2 is 1.15 bits per heavy atom. The van der Waals surface area contributed by atoms with Gasteiger partial charge < -0.3 is 30.4 Å². The minimum atomic E-state index is -0.616. The Morgan fingerprint density at radius 1 is 0.731 bits per heavy atom. The molecule has 7 nitrogen and oxygen atoms in total. The van der Waals surface area contributed by atoms with Crippen LogP contribution in [-0.2, 0) is 23.7 Å². The molecule has 9 atom stereocenters. The SMILES string of the molecule is NC(N)C1C(=O)C(CC2CO2)C(CC2CO2)C(CC2CO2)C1CC1CO1. The Bertz CT molecular complexity index is 542. The lowest BCUT2D eigenvalue weighted by Gasteiger charge is -2.48. The van der Waals surface area contributed by atoms with E-state index in [9.17, 15) is 4.79 Å². The zero-order valence-corrected chi connectivity index (χ0v) is 15.1. The van der Waals surface area contributed by atoms with Crippen LogP contribution in [0, 0.1) is 29.6 Å². The molecule has 0 amide bonds. The van der Waals surface area contributed by atoms with Gasteiger partial charge in [0.05, 0.1) is 57.0 Å². The third-order valence-corrected chi connectivity index (χ3v) is 6.92. The van der Waals surface area contributed by atoms with Gasteiger partial charge >= 0.3 is 0 Å². The molecule has 4 N–H and O–H groups in total. The highest BCUT2D eigenvalue weighted by Crippen LogP contribution is 2.51. The first-order valence-corrected chi connectivity index (χ1v) is 10.1. The number of hydrogen-bond donors (Lipinski definition) is 2. The van der Waals surface area contributed by atoms with Crippen molar-refractivity contribution in [1.29, 1.82) is 0 Å². The Kier molecular flexibility index (Phi) is 4.58. The van der Waals surface area contributed by atoms with Gasteiger partial charge in [0.1, 0.15) is 5.78 Å². The second-order valence-corrected chi connectivity index (χ2v) is 8.87. The summed E-state index contributed by atoms with van der Waals surface area (Å²) in [4.78, 5) is 13.5. The summed E-state index contributed by atoms with van der Waals surface area (Å²) in [6, 6.07) is 0. The smallest absolute Gasteiger partial charge is 0.142 e. The van der Waals surface area contributed by atoms with Crippen molar-refractivity contribution in [1.82, 2.24) is 0 Å². The quantitative estimate of drug-likeness (QED) is 0.437. The predicted octanol–water partition coefficient (Wildman–Crippen LogP) is 0.0492. The summed E-state index contributed by atoms with van der Waals surface area (Å²) < 4.78 is 22.1. The standard InChI is InChI=1S/C19H30N2O5/c20-19(21)17-15(3-11-7-25-11)13(1-9-5-23-9)14(2-10-6-24-10)16(18(17)22)4-12-8-26-12/h9-17,19H,1-8,20-21H2. The zero-order chi connectivity index (χ0) is 17.8. The van der Waals surface area contributed by atoms with Crippen molar-refractivity contribution in [2.24, 2.45) is 41.1 Å². The van der Waals surface area contributed by atoms with Crippen molar-refractivity contribution in [3.63, 3.8) is 0 Å². The summed E-state index contributed by atoms with van der Waals surface area (Å²) >= 11 is 0. The molecule has 1 saturated carbocycles. The van der Waals surface area contributed by atoms with Crippen LogP contribution in [0.5, 0.6) is 0 Å². The van der Waals surface area contributed by atoms with Crippen LogP contribution in [0.3, 0.4) is 0 Å². The Balaban J connectivity index is 1.44. The van der Waals surface area contributed by atoms with Gasteiger partial charge in [-0.05, 0) is 43.4 Å². The molecule has 0 spiro atoms. The molecular formula is C19H30N2O5. The van der Waals surface area contributed by atoms with Gasteiger partial charge in [-0.2, -0.15) is 0 Å². The van der Waals surface area contributed by atoms with E-state index >= 15 is 0 Å². The molecule has 0 bridgehead atoms. The van der Waals surface area contributed by atoms with Crippen LogP contribution in [0.25, 0.3) is 0 Å². The number of hydrogen-bond acceptors (Lipinski definition) is 7. The van der Waals surface area contributed by atoms with E-state index in [4.69, 9.17) is 30.4 Å². The highest BCUT2D eigenvalue weighted by Gasteiger charge is 2.55. The topological polar surface area (TPSA) is 119 Å². The van der Waals surface area contributed by atoms with Gasteiger partial charge in [-0.25, -0.2) is 0 Å². The molecule has 0 aromatic rings. The molecule has 0 aromatic carbocycles. The van der Waals surface area contributed by atoms with Crippen LogP contribution in [0.15, 0.2) is 0 Å². The molecule has 146 valence electrons. The number of carbonyl (C=O) groups excluding carboxylic acids is 1. The summed E-state index contributed by atoms with van der Waals surface area (Å²) in [6.45, 7) is 3.21. The molecule has 0 aromatic heterocycles. The molecule has 7 heteroatoms. The van der Waals surface area contributed by atoms with Crippen LogP contribution >= 0.6 is 0 Å². The van der Waals surface area contributed by atoms with Gasteiger partial charge in [0, 0.05) is 11.8 Å². The Hall–Kier alpha value is -0.570. The second kappa shape index (κ2) is 6.79. The lowest BCUT2D eigenvalue weighted by Crippen LogP contribution is -2.57. The van der Waals surface area contributed by atoms with Crippen molar-refractivity contribution in [2.45, 2.75) is 56.3 Å². The number of ketones is 1. The van der Waals surface area contributed by atoms with Gasteiger partial charge in [-0.1, -0.05) is 0 Å². The maximum Gasteiger partial charge on any atom is 0.142 e. The zero-order valence-electron chi connectivity index (χ0n) is 15.1. The van der Waals surface area contributed by atoms with E-state index in [1.807, 2.05) is 0 Å². The van der Waals surface area contributed by atoms with Crippen LogP contribution < -0.4 is 11.5 Å². The first kappa shape index (κ1) is 17.5. The molecule has 4 saturated heterocycles. The maximum absolute atomic E-state index is 13.5. The maximum atomic E-state index is 13.5. The molecule has 4 heterocycles. The number of nitrogens with two attached hydrogens (primary N) is 2. The average molecular weight is 366 g/mol. The van der Waals surface area contributed by atoms with Crippen molar-refractivity contribution in [3.05, 3.63) is 0 Å². The largest absolute Gasteiger partial charge is 0.373 e. The summed E-state index contributed by atoms with van der Waals surface area (Å²) in [6.07, 6.45) is 4.13. The molecule has 5 fully saturated rings. The number of rotatable bonds is 9. The summed E-state index contributed by atoms with van der Waals surface area (Å²) in [7, 11) is 0. The molecule has 26 heavy (non-hydrogen) atoms. The lowest BCUT2D eigenvalue weighted by molar-refractivity contribution is -0.141. The summed E-state index contributed by atoms with van der Waals surface area (Å²) in [5.41, 5.74) is 12.3. The van der Waals surface area contributed by atoms with Crippen molar-refractivity contribution < 1.29 is 23.7 Å². The van der Waals surface area contributed by atoms with E-state index < -0.39 is 6.17 Å². The predicted molar refractivity (Wildman–Crippen MR) is 92.0 cm³/mol. The molecule has 1 aliphatic carbocycles. The first-order valence-electron chi connectivity index (χ1n) is 10.1. The minimum Gasteiger partial charge on any atom is -0.373 e. The van der Waals surface area contributed by atoms with Crippen LogP contribution in [-0.4, -0.2) is 62.8 Å². The van der Waals surface area contributed by atoms with Crippen molar-refractivity contribution in [2.75, 3.05) is 26.4 Å². The monoisotopic (exact) mass is 366 g/mol. The molecule has 5 rings (SSSR count). The molecule has 4 aliphatic heterocycles. The minimum absolute atomic E-state index is 0.0218. The highest BCUT2D eigenvalue weighted by molar-refractivity contribution is 5.85. The van der Waals surface area contributed by atoms with Crippen molar-refractivity contribution >= 4 is 5.78 Å². The third-order valence-electron chi connectivity index (χ3n) is 6.92. The van der Waals surface area contributed by atoms with Crippen LogP contribution in [0.1, 0.15) is 25.7 Å². The number of ether oxygens (including phenoxy) is 4. The number of carbonyl (C=O) groups is 1. The third kappa shape index (κ3) is 3.84. The van der Waals surface area contributed by atoms with Crippen LogP contribution in [0.2, 0.25) is 0 Å². The average Bonchev–Trinajstić information content (AvgIpc) is 3.43. The van der Waals surface area contributed by atoms with Gasteiger partial charge in [-0.15, -0.1) is 0 Å². The molecule has 5 aliphatic rings. The second-order valence-electron chi connectivity index (χ2n) is 8.87. The summed E-state index contributed by atoms with van der Waals surface area (Å²) in [5, 5.41) is 0. The Labute approximate surface area is 154 Å². The first-order chi connectivity index (χ1) is 12.6. The van der Waals surface area contributed by atoms with Gasteiger partial charge in [-0.3, -0.25) is 4.79 Å². The number of Topliss-reactive ketones (excluding diaryl/α,β-unsaturated/α-hetero) is 1. The van der Waals surface area contributed by atoms with E-state index in [1.54, 1.807) is 0 Å². The molecule has 9 unspecified atom stereocenters. The highest BCUT2D eigenvalue weighted by atomic mass is 16.6. The fraction of sp³-hybridized carbons (Fsp3) is 0.947. The fourth-order valence-electron chi connectivity index (χ4n) is 5.34. The van der Waals surface area contributed by atoms with Crippen LogP contribution in [0.4, 0.5) is 0 Å². The van der Waals surface area contributed by atoms with Gasteiger partial charge in [0.15, 0.2) is 0 Å². The number of epoxide rings is 4. The van der Waals surface area contributed by atoms with Gasteiger partial charge in [0.25, 0.3) is 0 Å². The van der Waals surface area contributed by atoms with E-state index in [-0.39, 0.29) is 35.7 Å². The molecular weight excluding hydrogens is 336 g/mol.